The second kappa shape index (κ2) is 8.29. The number of Topliss-reactive ketones (excluding diaryl/α,β-unsaturated/α-hetero) is 1. The minimum absolute atomic E-state index is 0.0152. The van der Waals surface area contributed by atoms with E-state index in [2.05, 4.69) is 5.32 Å². The van der Waals surface area contributed by atoms with Gasteiger partial charge in [0.1, 0.15) is 19.0 Å². The van der Waals surface area contributed by atoms with Crippen LogP contribution in [0.5, 0.6) is 11.5 Å². The maximum Gasteiger partial charge on any atom is 0.176 e. The minimum Gasteiger partial charge on any atom is -0.486 e. The number of likely N-dealkylation sites (N-methyl/N-ethyl adjacent to an activating group) is 1. The molecule has 1 N–H and O–H groups in total. The lowest BCUT2D eigenvalue weighted by molar-refractivity contribution is 0.0987. The number of hydrogen-bond acceptors (Lipinski definition) is 5. The highest BCUT2D eigenvalue weighted by molar-refractivity contribution is 5.98. The number of ketones is 1. The molecule has 0 saturated heterocycles. The van der Waals surface area contributed by atoms with E-state index in [0.717, 1.165) is 5.56 Å². The van der Waals surface area contributed by atoms with E-state index < -0.39 is 0 Å². The van der Waals surface area contributed by atoms with Crippen LogP contribution in [0.4, 0.5) is 4.39 Å². The lowest BCUT2D eigenvalue weighted by Crippen LogP contribution is -2.33. The molecule has 2 aromatic carbocycles. The van der Waals surface area contributed by atoms with E-state index in [9.17, 15) is 9.18 Å². The van der Waals surface area contributed by atoms with Crippen molar-refractivity contribution in [2.75, 3.05) is 40.4 Å². The van der Waals surface area contributed by atoms with E-state index in [1.165, 1.54) is 12.1 Å². The number of fused-ring (bicyclic) bond motifs is 1. The van der Waals surface area contributed by atoms with Crippen LogP contribution in [-0.2, 0) is 0 Å². The van der Waals surface area contributed by atoms with E-state index in [1.807, 2.05) is 19.0 Å². The van der Waals surface area contributed by atoms with Gasteiger partial charge in [0.15, 0.2) is 17.3 Å². The van der Waals surface area contributed by atoms with Crippen molar-refractivity contribution in [2.24, 2.45) is 0 Å². The number of carbonyl (C=O) groups is 1. The predicted molar refractivity (Wildman–Crippen MR) is 97.5 cm³/mol. The highest BCUT2D eigenvalue weighted by Gasteiger charge is 2.17. The van der Waals surface area contributed by atoms with Gasteiger partial charge in [-0.25, -0.2) is 4.39 Å². The Bertz CT molecular complexity index is 762. The Morgan fingerprint density at radius 1 is 1.12 bits per heavy atom. The van der Waals surface area contributed by atoms with Gasteiger partial charge < -0.3 is 19.7 Å². The largest absolute Gasteiger partial charge is 0.486 e. The standard InChI is InChI=1S/C20H23FN2O3/c1-23(2)17(14-3-6-16(21)7-4-14)12-22-13-18(24)15-5-8-19-20(11-15)26-10-9-25-19/h3-8,11,17,22H,9-10,12-13H2,1-2H3. The maximum absolute atomic E-state index is 13.1. The van der Waals surface area contributed by atoms with Crippen LogP contribution >= 0.6 is 0 Å². The summed E-state index contributed by atoms with van der Waals surface area (Å²) in [6.45, 7) is 1.81. The van der Waals surface area contributed by atoms with Crippen LogP contribution in [0.3, 0.4) is 0 Å². The van der Waals surface area contributed by atoms with Crippen molar-refractivity contribution >= 4 is 5.78 Å². The quantitative estimate of drug-likeness (QED) is 0.771. The lowest BCUT2D eigenvalue weighted by Gasteiger charge is -2.25. The molecule has 1 aliphatic heterocycles. The monoisotopic (exact) mass is 358 g/mol. The van der Waals surface area contributed by atoms with Crippen LogP contribution in [0.2, 0.25) is 0 Å². The Morgan fingerprint density at radius 2 is 1.81 bits per heavy atom. The number of rotatable bonds is 7. The van der Waals surface area contributed by atoms with Crippen LogP contribution < -0.4 is 14.8 Å². The van der Waals surface area contributed by atoms with E-state index in [4.69, 9.17) is 9.47 Å². The lowest BCUT2D eigenvalue weighted by atomic mass is 10.1. The fourth-order valence-corrected chi connectivity index (χ4v) is 2.92. The third-order valence-electron chi connectivity index (χ3n) is 4.37. The van der Waals surface area contributed by atoms with Crippen LogP contribution in [0.25, 0.3) is 0 Å². The maximum atomic E-state index is 13.1. The second-order valence-electron chi connectivity index (χ2n) is 6.44. The van der Waals surface area contributed by atoms with Gasteiger partial charge in [-0.3, -0.25) is 4.79 Å². The van der Waals surface area contributed by atoms with Crippen LogP contribution in [-0.4, -0.2) is 51.1 Å². The first-order valence-corrected chi connectivity index (χ1v) is 8.60. The summed E-state index contributed by atoms with van der Waals surface area (Å²) >= 11 is 0. The first-order valence-electron chi connectivity index (χ1n) is 8.60. The molecule has 0 saturated carbocycles. The van der Waals surface area contributed by atoms with Gasteiger partial charge in [-0.2, -0.15) is 0 Å². The summed E-state index contributed by atoms with van der Waals surface area (Å²) in [6.07, 6.45) is 0. The molecule has 1 aliphatic rings. The molecule has 0 aliphatic carbocycles. The molecule has 0 amide bonds. The van der Waals surface area contributed by atoms with Gasteiger partial charge in [0.2, 0.25) is 0 Å². The fourth-order valence-electron chi connectivity index (χ4n) is 2.92. The van der Waals surface area contributed by atoms with E-state index >= 15 is 0 Å². The number of hydrogen-bond donors (Lipinski definition) is 1. The number of carbonyl (C=O) groups excluding carboxylic acids is 1. The van der Waals surface area contributed by atoms with Crippen LogP contribution in [0.15, 0.2) is 42.5 Å². The van der Waals surface area contributed by atoms with Gasteiger partial charge in [0, 0.05) is 18.2 Å². The Kier molecular flexibility index (Phi) is 5.85. The summed E-state index contributed by atoms with van der Waals surface area (Å²) in [5.41, 5.74) is 1.58. The summed E-state index contributed by atoms with van der Waals surface area (Å²) in [7, 11) is 3.91. The average Bonchev–Trinajstić information content (AvgIpc) is 2.65. The molecule has 3 rings (SSSR count). The molecule has 26 heavy (non-hydrogen) atoms. The molecule has 1 atom stereocenters. The third kappa shape index (κ3) is 4.39. The van der Waals surface area contributed by atoms with Gasteiger partial charge in [0.25, 0.3) is 0 Å². The second-order valence-corrected chi connectivity index (χ2v) is 6.44. The van der Waals surface area contributed by atoms with Gasteiger partial charge in [-0.1, -0.05) is 12.1 Å². The average molecular weight is 358 g/mol. The van der Waals surface area contributed by atoms with Crippen molar-refractivity contribution in [3.63, 3.8) is 0 Å². The summed E-state index contributed by atoms with van der Waals surface area (Å²) in [6, 6.07) is 11.7. The van der Waals surface area contributed by atoms with Crippen LogP contribution in [0, 0.1) is 5.82 Å². The normalized spacial score (nSPS) is 14.3. The SMILES string of the molecule is CN(C)C(CNCC(=O)c1ccc2c(c1)OCCO2)c1ccc(F)cc1. The molecular weight excluding hydrogens is 335 g/mol. The first-order chi connectivity index (χ1) is 12.5. The molecule has 5 nitrogen and oxygen atoms in total. The fraction of sp³-hybridized carbons (Fsp3) is 0.350. The van der Waals surface area contributed by atoms with E-state index in [-0.39, 0.29) is 24.2 Å². The van der Waals surface area contributed by atoms with Gasteiger partial charge in [-0.05, 0) is 50.0 Å². The molecular formula is C20H23FN2O3. The Labute approximate surface area is 152 Å². The summed E-state index contributed by atoms with van der Waals surface area (Å²) in [4.78, 5) is 14.5. The zero-order chi connectivity index (χ0) is 18.5. The number of nitrogens with zero attached hydrogens (tertiary/aromatic N) is 1. The molecule has 0 fully saturated rings. The van der Waals surface area contributed by atoms with E-state index in [0.29, 0.717) is 36.8 Å². The number of halogens is 1. The third-order valence-corrected chi connectivity index (χ3v) is 4.37. The van der Waals surface area contributed by atoms with Crippen molar-refractivity contribution in [3.8, 4) is 11.5 Å². The zero-order valence-electron chi connectivity index (χ0n) is 15.0. The molecule has 138 valence electrons. The van der Waals surface area contributed by atoms with E-state index in [1.54, 1.807) is 30.3 Å². The number of ether oxygens (including phenoxy) is 2. The Hall–Kier alpha value is -2.44. The number of benzene rings is 2. The molecule has 0 radical (unpaired) electrons. The van der Waals surface area contributed by atoms with Crippen molar-refractivity contribution in [1.82, 2.24) is 10.2 Å². The zero-order valence-corrected chi connectivity index (χ0v) is 15.0. The van der Waals surface area contributed by atoms with Crippen molar-refractivity contribution in [3.05, 3.63) is 59.4 Å². The smallest absolute Gasteiger partial charge is 0.176 e. The summed E-state index contributed by atoms with van der Waals surface area (Å²) < 4.78 is 24.1. The van der Waals surface area contributed by atoms with Gasteiger partial charge in [0.05, 0.1) is 6.54 Å². The van der Waals surface area contributed by atoms with Gasteiger partial charge in [-0.15, -0.1) is 0 Å². The van der Waals surface area contributed by atoms with Crippen molar-refractivity contribution in [2.45, 2.75) is 6.04 Å². The molecule has 0 aromatic heterocycles. The highest BCUT2D eigenvalue weighted by atomic mass is 19.1. The van der Waals surface area contributed by atoms with Crippen molar-refractivity contribution < 1.29 is 18.7 Å². The molecule has 6 heteroatoms. The summed E-state index contributed by atoms with van der Waals surface area (Å²) in [5.74, 6) is 1.01. The molecule has 0 bridgehead atoms. The Morgan fingerprint density at radius 3 is 2.50 bits per heavy atom. The Balaban J connectivity index is 1.59. The van der Waals surface area contributed by atoms with Crippen LogP contribution in [0.1, 0.15) is 22.0 Å². The number of nitrogens with one attached hydrogen (secondary N) is 1. The van der Waals surface area contributed by atoms with Gasteiger partial charge >= 0.3 is 0 Å². The minimum atomic E-state index is -0.256. The molecule has 2 aromatic rings. The first kappa shape index (κ1) is 18.4. The summed E-state index contributed by atoms with van der Waals surface area (Å²) in [5, 5.41) is 3.20. The molecule has 1 heterocycles. The predicted octanol–water partition coefficient (Wildman–Crippen LogP) is 2.67. The highest BCUT2D eigenvalue weighted by Crippen LogP contribution is 2.30. The van der Waals surface area contributed by atoms with Crippen molar-refractivity contribution in [1.29, 1.82) is 0 Å². The molecule has 1 unspecified atom stereocenters. The molecule has 0 spiro atoms. The topological polar surface area (TPSA) is 50.8 Å².